The molecule has 0 heterocycles. The van der Waals surface area contributed by atoms with E-state index in [0.29, 0.717) is 0 Å². The first-order valence-electron chi connectivity index (χ1n) is 3.99. The Morgan fingerprint density at radius 1 is 1.31 bits per heavy atom. The van der Waals surface area contributed by atoms with Crippen LogP contribution in [-0.2, 0) is 9.53 Å². The molecule has 0 saturated heterocycles. The number of hydrogen-bond acceptors (Lipinski definition) is 2. The molecule has 0 amide bonds. The lowest BCUT2D eigenvalue weighted by Gasteiger charge is -2.15. The lowest BCUT2D eigenvalue weighted by molar-refractivity contribution is -0.201. The summed E-state index contributed by atoms with van der Waals surface area (Å²) in [6.07, 6.45) is -4.88. The van der Waals surface area contributed by atoms with Gasteiger partial charge in [0, 0.05) is 0 Å². The van der Waals surface area contributed by atoms with E-state index in [2.05, 4.69) is 4.74 Å². The monoisotopic (exact) mass is 198 g/mol. The van der Waals surface area contributed by atoms with Crippen LogP contribution in [0.4, 0.5) is 13.2 Å². The van der Waals surface area contributed by atoms with Crippen LogP contribution in [0.25, 0.3) is 0 Å². The van der Waals surface area contributed by atoms with Gasteiger partial charge in [-0.15, -0.1) is 0 Å². The summed E-state index contributed by atoms with van der Waals surface area (Å²) < 4.78 is 38.9. The van der Waals surface area contributed by atoms with Crippen molar-refractivity contribution < 1.29 is 22.7 Å². The van der Waals surface area contributed by atoms with E-state index in [0.717, 1.165) is 0 Å². The highest BCUT2D eigenvalue weighted by atomic mass is 19.4. The van der Waals surface area contributed by atoms with E-state index in [-0.39, 0.29) is 18.4 Å². The molecule has 0 aliphatic rings. The Morgan fingerprint density at radius 2 is 1.77 bits per heavy atom. The molecule has 13 heavy (non-hydrogen) atoms. The summed E-state index contributed by atoms with van der Waals surface area (Å²) in [5.74, 6) is -1.98. The number of alkyl halides is 3. The van der Waals surface area contributed by atoms with Gasteiger partial charge in [0.2, 0.25) is 0 Å². The molecule has 2 nitrogen and oxygen atoms in total. The molecular weight excluding hydrogens is 185 g/mol. The minimum absolute atomic E-state index is 0.0636. The quantitative estimate of drug-likeness (QED) is 0.651. The molecule has 1 unspecified atom stereocenters. The summed E-state index contributed by atoms with van der Waals surface area (Å²) in [6, 6.07) is 0. The first-order chi connectivity index (χ1) is 5.75. The molecule has 5 heteroatoms. The average Bonchev–Trinajstić information content (AvgIpc) is 1.97. The first kappa shape index (κ1) is 12.3. The summed E-state index contributed by atoms with van der Waals surface area (Å²) in [7, 11) is 0. The van der Waals surface area contributed by atoms with Gasteiger partial charge in [-0.2, -0.15) is 13.2 Å². The number of rotatable bonds is 3. The number of carbonyl (C=O) groups excluding carboxylic acids is 1. The predicted molar refractivity (Wildman–Crippen MR) is 41.0 cm³/mol. The minimum Gasteiger partial charge on any atom is -0.459 e. The van der Waals surface area contributed by atoms with Crippen LogP contribution in [0.15, 0.2) is 0 Å². The number of ether oxygens (including phenoxy) is 1. The van der Waals surface area contributed by atoms with Crippen LogP contribution in [0.3, 0.4) is 0 Å². The van der Waals surface area contributed by atoms with Gasteiger partial charge in [-0.05, 0) is 11.8 Å². The zero-order valence-corrected chi connectivity index (χ0v) is 7.81. The average molecular weight is 198 g/mol. The molecule has 0 aliphatic carbocycles. The third kappa shape index (κ3) is 4.75. The Labute approximate surface area is 75.1 Å². The Balaban J connectivity index is 3.84. The zero-order chi connectivity index (χ0) is 10.6. The second-order valence-electron chi connectivity index (χ2n) is 3.32. The number of hydrogen-bond donors (Lipinski definition) is 0. The molecule has 0 saturated carbocycles. The van der Waals surface area contributed by atoms with E-state index in [4.69, 9.17) is 0 Å². The van der Waals surface area contributed by atoms with Crippen LogP contribution in [0.5, 0.6) is 0 Å². The van der Waals surface area contributed by atoms with Crippen molar-refractivity contribution >= 4 is 5.97 Å². The maximum Gasteiger partial charge on any atom is 0.490 e. The summed E-state index contributed by atoms with van der Waals surface area (Å²) in [6.45, 7) is 5.25. The first-order valence-corrected chi connectivity index (χ1v) is 3.99. The zero-order valence-electron chi connectivity index (χ0n) is 7.81. The molecule has 0 aromatic carbocycles. The molecule has 0 N–H and O–H groups in total. The van der Waals surface area contributed by atoms with E-state index in [1.165, 1.54) is 0 Å². The van der Waals surface area contributed by atoms with Gasteiger partial charge in [-0.3, -0.25) is 0 Å². The highest BCUT2D eigenvalue weighted by Crippen LogP contribution is 2.18. The third-order valence-corrected chi connectivity index (χ3v) is 1.85. The molecule has 1 atom stereocenters. The highest BCUT2D eigenvalue weighted by Gasteiger charge is 2.41. The largest absolute Gasteiger partial charge is 0.490 e. The number of halogens is 3. The SMILES string of the molecule is CC(C)C(C)COC(=O)C(F)(F)F. The molecule has 0 rings (SSSR count). The van der Waals surface area contributed by atoms with Crippen LogP contribution < -0.4 is 0 Å². The van der Waals surface area contributed by atoms with E-state index in [1.807, 2.05) is 13.8 Å². The summed E-state index contributed by atoms with van der Waals surface area (Å²) in [5, 5.41) is 0. The van der Waals surface area contributed by atoms with Crippen molar-refractivity contribution in [2.24, 2.45) is 11.8 Å². The molecule has 0 bridgehead atoms. The fourth-order valence-electron chi connectivity index (χ4n) is 0.481. The molecule has 0 aromatic heterocycles. The van der Waals surface area contributed by atoms with Crippen molar-refractivity contribution in [2.45, 2.75) is 26.9 Å². The molecule has 0 radical (unpaired) electrons. The third-order valence-electron chi connectivity index (χ3n) is 1.85. The molecule has 0 spiro atoms. The van der Waals surface area contributed by atoms with Crippen LogP contribution in [-0.4, -0.2) is 18.8 Å². The molecule has 78 valence electrons. The van der Waals surface area contributed by atoms with Crippen LogP contribution >= 0.6 is 0 Å². The van der Waals surface area contributed by atoms with Crippen molar-refractivity contribution in [3.63, 3.8) is 0 Å². The van der Waals surface area contributed by atoms with Gasteiger partial charge < -0.3 is 4.74 Å². The van der Waals surface area contributed by atoms with Gasteiger partial charge in [0.25, 0.3) is 0 Å². The van der Waals surface area contributed by atoms with Crippen LogP contribution in [0, 0.1) is 11.8 Å². The molecule has 0 aromatic rings. The van der Waals surface area contributed by atoms with Gasteiger partial charge in [-0.1, -0.05) is 20.8 Å². The molecule has 0 fully saturated rings. The van der Waals surface area contributed by atoms with E-state index in [9.17, 15) is 18.0 Å². The second kappa shape index (κ2) is 4.48. The lowest BCUT2D eigenvalue weighted by Crippen LogP contribution is -2.28. The normalized spacial score (nSPS) is 14.4. The fraction of sp³-hybridized carbons (Fsp3) is 0.875. The van der Waals surface area contributed by atoms with Crippen molar-refractivity contribution in [1.82, 2.24) is 0 Å². The van der Waals surface area contributed by atoms with Crippen molar-refractivity contribution in [3.8, 4) is 0 Å². The maximum absolute atomic E-state index is 11.6. The van der Waals surface area contributed by atoms with Gasteiger partial charge in [-0.25, -0.2) is 4.79 Å². The van der Waals surface area contributed by atoms with Gasteiger partial charge in [0.05, 0.1) is 6.61 Å². The van der Waals surface area contributed by atoms with Crippen molar-refractivity contribution in [2.75, 3.05) is 6.61 Å². The Kier molecular flexibility index (Phi) is 4.23. The van der Waals surface area contributed by atoms with Crippen molar-refractivity contribution in [3.05, 3.63) is 0 Å². The summed E-state index contributed by atoms with van der Waals surface area (Å²) in [5.41, 5.74) is 0. The second-order valence-corrected chi connectivity index (χ2v) is 3.32. The Morgan fingerprint density at radius 3 is 2.08 bits per heavy atom. The predicted octanol–water partition coefficient (Wildman–Crippen LogP) is 2.38. The summed E-state index contributed by atoms with van der Waals surface area (Å²) in [4.78, 5) is 10.2. The summed E-state index contributed by atoms with van der Waals surface area (Å²) >= 11 is 0. The smallest absolute Gasteiger partial charge is 0.459 e. The Bertz CT molecular complexity index is 175. The fourth-order valence-corrected chi connectivity index (χ4v) is 0.481. The van der Waals surface area contributed by atoms with Gasteiger partial charge in [0.1, 0.15) is 0 Å². The topological polar surface area (TPSA) is 26.3 Å². The van der Waals surface area contributed by atoms with Crippen molar-refractivity contribution in [1.29, 1.82) is 0 Å². The van der Waals surface area contributed by atoms with Crippen LogP contribution in [0.1, 0.15) is 20.8 Å². The minimum atomic E-state index is -4.88. The Hall–Kier alpha value is -0.740. The number of esters is 1. The highest BCUT2D eigenvalue weighted by molar-refractivity contribution is 5.75. The number of carbonyl (C=O) groups is 1. The van der Waals surface area contributed by atoms with Gasteiger partial charge in [0.15, 0.2) is 0 Å². The van der Waals surface area contributed by atoms with Gasteiger partial charge >= 0.3 is 12.1 Å². The maximum atomic E-state index is 11.6. The van der Waals surface area contributed by atoms with E-state index >= 15 is 0 Å². The lowest BCUT2D eigenvalue weighted by atomic mass is 9.99. The van der Waals surface area contributed by atoms with Crippen LogP contribution in [0.2, 0.25) is 0 Å². The standard InChI is InChI=1S/C8H13F3O2/c1-5(2)6(3)4-13-7(12)8(9,10)11/h5-6H,4H2,1-3H3. The molecular formula is C8H13F3O2. The molecule has 0 aliphatic heterocycles. The van der Waals surface area contributed by atoms with E-state index in [1.54, 1.807) is 6.92 Å². The van der Waals surface area contributed by atoms with E-state index < -0.39 is 12.1 Å².